The van der Waals surface area contributed by atoms with Crippen molar-refractivity contribution in [3.05, 3.63) is 42.1 Å². The summed E-state index contributed by atoms with van der Waals surface area (Å²) in [4.78, 5) is 0. The SMILES string of the molecule is CCNS(=O)(=O)c1ccnn1-c1ccc(C)cc1. The molecule has 2 aromatic rings. The van der Waals surface area contributed by atoms with Crippen molar-refractivity contribution in [3.8, 4) is 5.69 Å². The van der Waals surface area contributed by atoms with Crippen molar-refractivity contribution in [2.75, 3.05) is 6.54 Å². The summed E-state index contributed by atoms with van der Waals surface area (Å²) in [6, 6.07) is 9.00. The Morgan fingerprint density at radius 2 is 1.89 bits per heavy atom. The van der Waals surface area contributed by atoms with Gasteiger partial charge in [-0.05, 0) is 25.1 Å². The van der Waals surface area contributed by atoms with Crippen molar-refractivity contribution in [3.63, 3.8) is 0 Å². The first-order valence-corrected chi connectivity index (χ1v) is 7.13. The summed E-state index contributed by atoms with van der Waals surface area (Å²) in [5.41, 5.74) is 1.84. The number of nitrogens with zero attached hydrogens (tertiary/aromatic N) is 2. The van der Waals surface area contributed by atoms with Crippen molar-refractivity contribution in [1.29, 1.82) is 0 Å². The van der Waals surface area contributed by atoms with Gasteiger partial charge in [-0.25, -0.2) is 17.8 Å². The molecule has 0 aliphatic rings. The normalized spacial score (nSPS) is 11.7. The van der Waals surface area contributed by atoms with Crippen molar-refractivity contribution in [2.45, 2.75) is 18.9 Å². The van der Waals surface area contributed by atoms with E-state index in [0.29, 0.717) is 6.54 Å². The van der Waals surface area contributed by atoms with E-state index in [-0.39, 0.29) is 5.03 Å². The van der Waals surface area contributed by atoms with E-state index in [4.69, 9.17) is 0 Å². The van der Waals surface area contributed by atoms with Crippen molar-refractivity contribution in [2.24, 2.45) is 0 Å². The molecule has 0 unspecified atom stereocenters. The van der Waals surface area contributed by atoms with Crippen LogP contribution in [0.4, 0.5) is 0 Å². The van der Waals surface area contributed by atoms with Gasteiger partial charge in [0.1, 0.15) is 0 Å². The zero-order valence-electron chi connectivity index (χ0n) is 10.3. The Balaban J connectivity index is 2.48. The maximum absolute atomic E-state index is 12.0. The minimum absolute atomic E-state index is 0.146. The zero-order chi connectivity index (χ0) is 13.2. The summed E-state index contributed by atoms with van der Waals surface area (Å²) >= 11 is 0. The van der Waals surface area contributed by atoms with Gasteiger partial charge in [-0.3, -0.25) is 0 Å². The minimum Gasteiger partial charge on any atom is -0.221 e. The summed E-state index contributed by atoms with van der Waals surface area (Å²) in [6.45, 7) is 4.06. The van der Waals surface area contributed by atoms with Crippen LogP contribution in [0.1, 0.15) is 12.5 Å². The molecule has 5 nitrogen and oxygen atoms in total. The molecular weight excluding hydrogens is 250 g/mol. The highest BCUT2D eigenvalue weighted by molar-refractivity contribution is 7.89. The molecule has 0 atom stereocenters. The number of aryl methyl sites for hydroxylation is 1. The van der Waals surface area contributed by atoms with Crippen LogP contribution in [0.3, 0.4) is 0 Å². The number of rotatable bonds is 4. The van der Waals surface area contributed by atoms with Crippen molar-refractivity contribution < 1.29 is 8.42 Å². The molecule has 1 heterocycles. The van der Waals surface area contributed by atoms with Crippen LogP contribution in [0, 0.1) is 6.92 Å². The fraction of sp³-hybridized carbons (Fsp3) is 0.250. The van der Waals surface area contributed by atoms with Gasteiger partial charge in [0.15, 0.2) is 5.03 Å². The third-order valence-electron chi connectivity index (χ3n) is 2.50. The smallest absolute Gasteiger partial charge is 0.221 e. The fourth-order valence-corrected chi connectivity index (χ4v) is 2.79. The van der Waals surface area contributed by atoms with E-state index in [1.807, 2.05) is 31.2 Å². The first kappa shape index (κ1) is 12.8. The van der Waals surface area contributed by atoms with Crippen molar-refractivity contribution in [1.82, 2.24) is 14.5 Å². The highest BCUT2D eigenvalue weighted by Crippen LogP contribution is 2.15. The quantitative estimate of drug-likeness (QED) is 0.910. The molecule has 0 aliphatic heterocycles. The number of nitrogens with one attached hydrogen (secondary N) is 1. The lowest BCUT2D eigenvalue weighted by Crippen LogP contribution is -2.25. The highest BCUT2D eigenvalue weighted by atomic mass is 32.2. The Morgan fingerprint density at radius 1 is 1.22 bits per heavy atom. The third kappa shape index (κ3) is 2.44. The van der Waals surface area contributed by atoms with Crippen molar-refractivity contribution >= 4 is 10.0 Å². The minimum atomic E-state index is -3.51. The number of hydrogen-bond acceptors (Lipinski definition) is 3. The van der Waals surface area contributed by atoms with Gasteiger partial charge >= 0.3 is 0 Å². The average molecular weight is 265 g/mol. The lowest BCUT2D eigenvalue weighted by atomic mass is 10.2. The van der Waals surface area contributed by atoms with Crippen LogP contribution >= 0.6 is 0 Å². The second-order valence-corrected chi connectivity index (χ2v) is 5.63. The third-order valence-corrected chi connectivity index (χ3v) is 4.02. The molecule has 1 aromatic carbocycles. The molecule has 18 heavy (non-hydrogen) atoms. The molecule has 96 valence electrons. The van der Waals surface area contributed by atoms with E-state index in [0.717, 1.165) is 11.3 Å². The lowest BCUT2D eigenvalue weighted by molar-refractivity contribution is 0.573. The number of benzene rings is 1. The van der Waals surface area contributed by atoms with Gasteiger partial charge in [-0.2, -0.15) is 5.10 Å². The van der Waals surface area contributed by atoms with Crippen LogP contribution in [0.15, 0.2) is 41.6 Å². The van der Waals surface area contributed by atoms with E-state index in [9.17, 15) is 8.42 Å². The molecule has 6 heteroatoms. The van der Waals surface area contributed by atoms with E-state index in [1.54, 1.807) is 6.92 Å². The van der Waals surface area contributed by atoms with Gasteiger partial charge in [0.25, 0.3) is 10.0 Å². The second-order valence-electron chi connectivity index (χ2n) is 3.92. The first-order chi connectivity index (χ1) is 8.54. The summed E-state index contributed by atoms with van der Waals surface area (Å²) in [7, 11) is -3.51. The molecule has 0 saturated heterocycles. The lowest BCUT2D eigenvalue weighted by Gasteiger charge is -2.08. The van der Waals surface area contributed by atoms with Gasteiger partial charge in [0, 0.05) is 6.54 Å². The second kappa shape index (κ2) is 4.91. The Labute approximate surface area is 107 Å². The zero-order valence-corrected chi connectivity index (χ0v) is 11.1. The van der Waals surface area contributed by atoms with Crippen LogP contribution in [-0.4, -0.2) is 24.7 Å². The van der Waals surface area contributed by atoms with Crippen LogP contribution in [0.25, 0.3) is 5.69 Å². The topological polar surface area (TPSA) is 64.0 Å². The van der Waals surface area contributed by atoms with Crippen LogP contribution in [-0.2, 0) is 10.0 Å². The summed E-state index contributed by atoms with van der Waals surface area (Å²) < 4.78 is 27.8. The van der Waals surface area contributed by atoms with Gasteiger partial charge < -0.3 is 0 Å². The summed E-state index contributed by atoms with van der Waals surface area (Å²) in [6.07, 6.45) is 1.48. The van der Waals surface area contributed by atoms with Gasteiger partial charge in [-0.15, -0.1) is 0 Å². The number of aromatic nitrogens is 2. The molecule has 2 rings (SSSR count). The molecule has 0 saturated carbocycles. The Bertz CT molecular complexity index is 630. The van der Waals surface area contributed by atoms with E-state index >= 15 is 0 Å². The first-order valence-electron chi connectivity index (χ1n) is 5.65. The van der Waals surface area contributed by atoms with Crippen LogP contribution < -0.4 is 4.72 Å². The Morgan fingerprint density at radius 3 is 2.50 bits per heavy atom. The monoisotopic (exact) mass is 265 g/mol. The van der Waals surface area contributed by atoms with E-state index in [2.05, 4.69) is 9.82 Å². The molecule has 0 aliphatic carbocycles. The summed E-state index contributed by atoms with van der Waals surface area (Å²) in [5.74, 6) is 0. The number of sulfonamides is 1. The Kier molecular flexibility index (Phi) is 3.49. The van der Waals surface area contributed by atoms with E-state index in [1.165, 1.54) is 16.9 Å². The maximum Gasteiger partial charge on any atom is 0.258 e. The molecular formula is C12H15N3O2S. The molecule has 0 bridgehead atoms. The molecule has 1 N–H and O–H groups in total. The molecule has 0 spiro atoms. The standard InChI is InChI=1S/C12H15N3O2S/c1-3-14-18(16,17)12-8-9-13-15(12)11-6-4-10(2)5-7-11/h4-9,14H,3H2,1-2H3. The van der Waals surface area contributed by atoms with Gasteiger partial charge in [-0.1, -0.05) is 24.6 Å². The highest BCUT2D eigenvalue weighted by Gasteiger charge is 2.18. The molecule has 1 aromatic heterocycles. The predicted molar refractivity (Wildman–Crippen MR) is 69.2 cm³/mol. The van der Waals surface area contributed by atoms with Crippen LogP contribution in [0.2, 0.25) is 0 Å². The molecule has 0 amide bonds. The number of hydrogen-bond donors (Lipinski definition) is 1. The average Bonchev–Trinajstić information content (AvgIpc) is 2.79. The maximum atomic E-state index is 12.0. The predicted octanol–water partition coefficient (Wildman–Crippen LogP) is 1.48. The Hall–Kier alpha value is -1.66. The van der Waals surface area contributed by atoms with Crippen LogP contribution in [0.5, 0.6) is 0 Å². The van der Waals surface area contributed by atoms with E-state index < -0.39 is 10.0 Å². The summed E-state index contributed by atoms with van der Waals surface area (Å²) in [5, 5.41) is 4.21. The molecule has 0 radical (unpaired) electrons. The fourth-order valence-electron chi connectivity index (χ4n) is 1.64. The largest absolute Gasteiger partial charge is 0.258 e. The molecule has 0 fully saturated rings. The van der Waals surface area contributed by atoms with Gasteiger partial charge in [0.05, 0.1) is 11.9 Å². The van der Waals surface area contributed by atoms with Gasteiger partial charge in [0.2, 0.25) is 0 Å².